The third-order valence-corrected chi connectivity index (χ3v) is 8.63. The summed E-state index contributed by atoms with van der Waals surface area (Å²) in [6.45, 7) is 7.38. The van der Waals surface area contributed by atoms with Gasteiger partial charge in [0.1, 0.15) is 6.29 Å². The molecule has 3 aromatic carbocycles. The molecule has 0 atom stereocenters. The van der Waals surface area contributed by atoms with Crippen molar-refractivity contribution in [3.05, 3.63) is 71.8 Å². The highest BCUT2D eigenvalue weighted by Gasteiger charge is 2.35. The number of rotatable bonds is 9. The van der Waals surface area contributed by atoms with Crippen molar-refractivity contribution < 1.29 is 22.0 Å². The van der Waals surface area contributed by atoms with Gasteiger partial charge in [0.15, 0.2) is 0 Å². The van der Waals surface area contributed by atoms with Crippen molar-refractivity contribution in [2.24, 2.45) is 0 Å². The molecule has 8 heteroatoms. The van der Waals surface area contributed by atoms with Gasteiger partial charge in [0, 0.05) is 5.39 Å². The summed E-state index contributed by atoms with van der Waals surface area (Å²) >= 11 is 0. The fourth-order valence-corrected chi connectivity index (χ4v) is 7.45. The number of anilines is 1. The Morgan fingerprint density at radius 1 is 0.871 bits per heavy atom. The van der Waals surface area contributed by atoms with Crippen LogP contribution in [0.5, 0.6) is 0 Å². The highest BCUT2D eigenvalue weighted by Crippen LogP contribution is 2.50. The Hall–Kier alpha value is -2.18. The molecule has 0 aromatic heterocycles. The largest absolute Gasteiger partial charge is 0.350 e. The van der Waals surface area contributed by atoms with Gasteiger partial charge >= 0.3 is 7.60 Å². The molecule has 0 amide bonds. The van der Waals surface area contributed by atoms with Crippen LogP contribution in [0.15, 0.2) is 65.6 Å². The highest BCUT2D eigenvalue weighted by atomic mass is 32.2. The van der Waals surface area contributed by atoms with Crippen LogP contribution in [0.1, 0.15) is 25.0 Å². The topological polar surface area (TPSA) is 72.9 Å². The van der Waals surface area contributed by atoms with Gasteiger partial charge in [-0.25, -0.2) is 8.42 Å². The normalized spacial score (nSPS) is 12.3. The molecule has 0 bridgehead atoms. The van der Waals surface area contributed by atoms with E-state index < -0.39 is 23.9 Å². The van der Waals surface area contributed by atoms with Gasteiger partial charge in [-0.15, -0.1) is 0 Å². The first-order valence-electron chi connectivity index (χ1n) is 10.2. The number of aryl methyl sites for hydroxylation is 2. The first-order valence-corrected chi connectivity index (χ1v) is 13.3. The van der Waals surface area contributed by atoms with Gasteiger partial charge in [-0.2, -0.15) is 0 Å². The van der Waals surface area contributed by atoms with Crippen molar-refractivity contribution in [3.63, 3.8) is 0 Å². The quantitative estimate of drug-likeness (QED) is 0.372. The van der Waals surface area contributed by atoms with E-state index in [1.54, 1.807) is 38.1 Å². The second-order valence-electron chi connectivity index (χ2n) is 7.26. The van der Waals surface area contributed by atoms with Crippen molar-refractivity contribution in [2.45, 2.75) is 32.6 Å². The Morgan fingerprint density at radius 2 is 1.45 bits per heavy atom. The van der Waals surface area contributed by atoms with Crippen molar-refractivity contribution in [3.8, 4) is 0 Å². The van der Waals surface area contributed by atoms with Crippen LogP contribution >= 0.6 is 7.60 Å². The molecular weight excluding hydrogens is 433 g/mol. The minimum atomic E-state index is -4.06. The zero-order valence-corrected chi connectivity index (χ0v) is 19.9. The number of hydrogen-bond acceptors (Lipinski definition) is 5. The summed E-state index contributed by atoms with van der Waals surface area (Å²) in [6, 6.07) is 18.0. The van der Waals surface area contributed by atoms with Crippen molar-refractivity contribution in [1.29, 1.82) is 0 Å². The average molecular weight is 462 g/mol. The van der Waals surface area contributed by atoms with Crippen LogP contribution in [0.4, 0.5) is 5.69 Å². The Morgan fingerprint density at radius 3 is 2.06 bits per heavy atom. The van der Waals surface area contributed by atoms with E-state index >= 15 is 0 Å². The molecule has 0 aliphatic heterocycles. The number of benzene rings is 3. The predicted octanol–water partition coefficient (Wildman–Crippen LogP) is 5.88. The second-order valence-corrected chi connectivity index (χ2v) is 11.1. The third kappa shape index (κ3) is 5.18. The molecule has 0 aliphatic rings. The molecule has 0 spiro atoms. The van der Waals surface area contributed by atoms with Crippen LogP contribution in [0.2, 0.25) is 0 Å². The molecule has 0 aliphatic carbocycles. The summed E-state index contributed by atoms with van der Waals surface area (Å²) in [5.74, 6) is 0. The first-order chi connectivity index (χ1) is 14.7. The lowest BCUT2D eigenvalue weighted by atomic mass is 10.1. The molecule has 0 N–H and O–H groups in total. The van der Waals surface area contributed by atoms with Crippen LogP contribution < -0.4 is 4.31 Å². The maximum absolute atomic E-state index is 13.9. The van der Waals surface area contributed by atoms with E-state index in [4.69, 9.17) is 9.05 Å². The van der Waals surface area contributed by atoms with Crippen LogP contribution in [0.25, 0.3) is 10.8 Å². The van der Waals surface area contributed by atoms with E-state index in [2.05, 4.69) is 0 Å². The molecule has 3 aromatic rings. The molecule has 166 valence electrons. The summed E-state index contributed by atoms with van der Waals surface area (Å²) in [5, 5.41) is 1.61. The molecule has 0 heterocycles. The maximum Gasteiger partial charge on any atom is 0.350 e. The Labute approximate surface area is 184 Å². The zero-order chi connectivity index (χ0) is 22.6. The Kier molecular flexibility index (Phi) is 7.22. The average Bonchev–Trinajstić information content (AvgIpc) is 2.71. The van der Waals surface area contributed by atoms with Gasteiger partial charge in [-0.05, 0) is 62.4 Å². The lowest BCUT2D eigenvalue weighted by Crippen LogP contribution is -2.33. The van der Waals surface area contributed by atoms with Crippen LogP contribution in [0, 0.1) is 13.8 Å². The molecule has 0 radical (unpaired) electrons. The van der Waals surface area contributed by atoms with Gasteiger partial charge in [0.05, 0.1) is 23.8 Å². The van der Waals surface area contributed by atoms with Gasteiger partial charge in [-0.3, -0.25) is 8.87 Å². The Balaban J connectivity index is 2.24. The standard InChI is InChI=1S/C23H28NO5PS/c1-5-28-30(25,29-6-2)17-24(23-13-9-11-20-10-7-8-12-22(20)23)31(26,27)21-15-18(3)14-19(4)16-21/h7-16H,5-6,17H2,1-4H3. The maximum atomic E-state index is 13.9. The van der Waals surface area contributed by atoms with Crippen molar-refractivity contribution >= 4 is 34.1 Å². The number of sulfonamides is 1. The van der Waals surface area contributed by atoms with E-state index in [1.165, 1.54) is 0 Å². The van der Waals surface area contributed by atoms with Crippen LogP contribution in [-0.2, 0) is 23.6 Å². The summed E-state index contributed by atoms with van der Waals surface area (Å²) in [6.07, 6.45) is -0.419. The monoisotopic (exact) mass is 461 g/mol. The third-order valence-electron chi connectivity index (χ3n) is 4.77. The zero-order valence-electron chi connectivity index (χ0n) is 18.2. The molecule has 0 fully saturated rings. The molecule has 3 rings (SSSR count). The van der Waals surface area contributed by atoms with E-state index in [0.717, 1.165) is 26.2 Å². The SMILES string of the molecule is CCOP(=O)(CN(c1cccc2ccccc12)S(=O)(=O)c1cc(C)cc(C)c1)OCC. The fraction of sp³-hybridized carbons (Fsp3) is 0.304. The molecule has 0 saturated heterocycles. The van der Waals surface area contributed by atoms with Crippen molar-refractivity contribution in [2.75, 3.05) is 23.8 Å². The molecule has 0 unspecified atom stereocenters. The predicted molar refractivity (Wildman–Crippen MR) is 125 cm³/mol. The summed E-state index contributed by atoms with van der Waals surface area (Å²) < 4.78 is 53.2. The smallest absolute Gasteiger partial charge is 0.308 e. The van der Waals surface area contributed by atoms with Crippen LogP contribution in [-0.4, -0.2) is 27.9 Å². The van der Waals surface area contributed by atoms with Crippen LogP contribution in [0.3, 0.4) is 0 Å². The number of nitrogens with zero attached hydrogens (tertiary/aromatic N) is 1. The lowest BCUT2D eigenvalue weighted by molar-refractivity contribution is 0.221. The summed E-state index contributed by atoms with van der Waals surface area (Å²) in [4.78, 5) is 0.137. The van der Waals surface area contributed by atoms with Gasteiger partial charge in [0.25, 0.3) is 10.0 Å². The lowest BCUT2D eigenvalue weighted by Gasteiger charge is -2.29. The van der Waals surface area contributed by atoms with Gasteiger partial charge in [0.2, 0.25) is 0 Å². The fourth-order valence-electron chi connectivity index (χ4n) is 3.59. The van der Waals surface area contributed by atoms with Crippen molar-refractivity contribution in [1.82, 2.24) is 0 Å². The minimum absolute atomic E-state index is 0.137. The molecule has 31 heavy (non-hydrogen) atoms. The molecule has 6 nitrogen and oxygen atoms in total. The first kappa shape index (κ1) is 23.5. The second kappa shape index (κ2) is 9.53. The summed E-state index contributed by atoms with van der Waals surface area (Å²) in [7, 11) is -7.77. The molecule has 0 saturated carbocycles. The van der Waals surface area contributed by atoms with E-state index in [1.807, 2.05) is 50.2 Å². The minimum Gasteiger partial charge on any atom is -0.308 e. The van der Waals surface area contributed by atoms with Gasteiger partial charge in [-0.1, -0.05) is 42.5 Å². The highest BCUT2D eigenvalue weighted by molar-refractivity contribution is 7.93. The number of fused-ring (bicyclic) bond motifs is 1. The number of hydrogen-bond donors (Lipinski definition) is 0. The molecular formula is C23H28NO5PS. The van der Waals surface area contributed by atoms with E-state index in [0.29, 0.717) is 5.69 Å². The van der Waals surface area contributed by atoms with Gasteiger partial charge < -0.3 is 9.05 Å². The van der Waals surface area contributed by atoms with E-state index in [-0.39, 0.29) is 18.1 Å². The summed E-state index contributed by atoms with van der Waals surface area (Å²) in [5.41, 5.74) is 2.08. The Bertz CT molecular complexity index is 1190. The van der Waals surface area contributed by atoms with E-state index in [9.17, 15) is 13.0 Å².